The molecule has 2 aromatic rings. The van der Waals surface area contributed by atoms with Crippen LogP contribution in [0.5, 0.6) is 0 Å². The summed E-state index contributed by atoms with van der Waals surface area (Å²) < 4.78 is 13.1. The van der Waals surface area contributed by atoms with Crippen LogP contribution in [0.3, 0.4) is 0 Å². The second-order valence-electron chi connectivity index (χ2n) is 3.91. The summed E-state index contributed by atoms with van der Waals surface area (Å²) in [5, 5.41) is 2.58. The third-order valence-electron chi connectivity index (χ3n) is 2.34. The van der Waals surface area contributed by atoms with Gasteiger partial charge in [-0.1, -0.05) is 0 Å². The van der Waals surface area contributed by atoms with Gasteiger partial charge in [-0.3, -0.25) is 9.78 Å². The zero-order valence-electron chi connectivity index (χ0n) is 9.77. The molecule has 1 amide bonds. The average molecular weight is 245 g/mol. The maximum absolute atomic E-state index is 13.1. The molecule has 1 heterocycles. The van der Waals surface area contributed by atoms with Crippen molar-refractivity contribution in [3.8, 4) is 0 Å². The molecule has 0 radical (unpaired) electrons. The minimum Gasteiger partial charge on any atom is -0.399 e. The first kappa shape index (κ1) is 12.0. The SMILES string of the molecule is Cc1cc(C(=O)Nc2cc(N)cc(F)c2)ccn1. The number of nitrogens with one attached hydrogen (secondary N) is 1. The molecule has 0 aliphatic heterocycles. The third-order valence-corrected chi connectivity index (χ3v) is 2.34. The Morgan fingerprint density at radius 2 is 2.11 bits per heavy atom. The molecule has 0 spiro atoms. The van der Waals surface area contributed by atoms with Crippen LogP contribution < -0.4 is 11.1 Å². The van der Waals surface area contributed by atoms with Gasteiger partial charge in [-0.2, -0.15) is 0 Å². The number of anilines is 2. The summed E-state index contributed by atoms with van der Waals surface area (Å²) >= 11 is 0. The van der Waals surface area contributed by atoms with Crippen molar-refractivity contribution in [3.63, 3.8) is 0 Å². The van der Waals surface area contributed by atoms with E-state index in [1.54, 1.807) is 25.3 Å². The maximum Gasteiger partial charge on any atom is 0.255 e. The van der Waals surface area contributed by atoms with E-state index in [2.05, 4.69) is 10.3 Å². The lowest BCUT2D eigenvalue weighted by Gasteiger charge is -2.06. The molecule has 5 heteroatoms. The molecule has 4 nitrogen and oxygen atoms in total. The number of carbonyl (C=O) groups is 1. The molecule has 0 aliphatic carbocycles. The van der Waals surface area contributed by atoms with Gasteiger partial charge in [0.2, 0.25) is 0 Å². The molecule has 0 fully saturated rings. The minimum absolute atomic E-state index is 0.260. The molecule has 0 unspecified atom stereocenters. The van der Waals surface area contributed by atoms with Gasteiger partial charge in [-0.15, -0.1) is 0 Å². The highest BCUT2D eigenvalue weighted by Crippen LogP contribution is 2.16. The summed E-state index contributed by atoms with van der Waals surface area (Å²) in [7, 11) is 0. The fourth-order valence-electron chi connectivity index (χ4n) is 1.57. The second kappa shape index (κ2) is 4.83. The predicted octanol–water partition coefficient (Wildman–Crippen LogP) is 2.36. The largest absolute Gasteiger partial charge is 0.399 e. The standard InChI is InChI=1S/C13H12FN3O/c1-8-4-9(2-3-16-8)13(18)17-12-6-10(14)5-11(15)7-12/h2-7H,15H2,1H3,(H,17,18). The summed E-state index contributed by atoms with van der Waals surface area (Å²) in [6.07, 6.45) is 1.55. The van der Waals surface area contributed by atoms with E-state index in [0.717, 1.165) is 5.69 Å². The van der Waals surface area contributed by atoms with Crippen LogP contribution in [0.1, 0.15) is 16.1 Å². The molecule has 0 atom stereocenters. The number of hydrogen-bond acceptors (Lipinski definition) is 3. The number of nitrogen functional groups attached to an aromatic ring is 1. The summed E-state index contributed by atoms with van der Waals surface area (Å²) in [6, 6.07) is 7.13. The molecule has 0 aliphatic rings. The highest BCUT2D eigenvalue weighted by Gasteiger charge is 2.07. The van der Waals surface area contributed by atoms with E-state index in [-0.39, 0.29) is 11.6 Å². The number of nitrogens with two attached hydrogens (primary N) is 1. The van der Waals surface area contributed by atoms with Crippen molar-refractivity contribution in [2.75, 3.05) is 11.1 Å². The molecule has 1 aromatic heterocycles. The highest BCUT2D eigenvalue weighted by atomic mass is 19.1. The van der Waals surface area contributed by atoms with Gasteiger partial charge in [0.25, 0.3) is 5.91 Å². The Labute approximate surface area is 104 Å². The summed E-state index contributed by atoms with van der Waals surface area (Å²) in [5.74, 6) is -0.818. The first-order chi connectivity index (χ1) is 8.54. The van der Waals surface area contributed by atoms with Crippen LogP contribution in [-0.2, 0) is 0 Å². The zero-order valence-corrected chi connectivity index (χ0v) is 9.77. The van der Waals surface area contributed by atoms with Crippen LogP contribution in [0, 0.1) is 12.7 Å². The highest BCUT2D eigenvalue weighted by molar-refractivity contribution is 6.04. The third kappa shape index (κ3) is 2.82. The van der Waals surface area contributed by atoms with Gasteiger partial charge >= 0.3 is 0 Å². The first-order valence-corrected chi connectivity index (χ1v) is 5.34. The van der Waals surface area contributed by atoms with Crippen LogP contribution in [-0.4, -0.2) is 10.9 Å². The predicted molar refractivity (Wildman–Crippen MR) is 67.7 cm³/mol. The number of carbonyl (C=O) groups excluding carboxylic acids is 1. The van der Waals surface area contributed by atoms with Gasteiger partial charge in [0.1, 0.15) is 5.82 Å². The number of halogens is 1. The topological polar surface area (TPSA) is 68.0 Å². The number of aromatic nitrogens is 1. The first-order valence-electron chi connectivity index (χ1n) is 5.34. The molecular formula is C13H12FN3O. The van der Waals surface area contributed by atoms with Crippen LogP contribution >= 0.6 is 0 Å². The van der Waals surface area contributed by atoms with Crippen LogP contribution in [0.15, 0.2) is 36.5 Å². The quantitative estimate of drug-likeness (QED) is 0.798. The fourth-order valence-corrected chi connectivity index (χ4v) is 1.57. The number of hydrogen-bond donors (Lipinski definition) is 2. The summed E-state index contributed by atoms with van der Waals surface area (Å²) in [5.41, 5.74) is 7.28. The van der Waals surface area contributed by atoms with E-state index in [9.17, 15) is 9.18 Å². The van der Waals surface area contributed by atoms with Gasteiger partial charge in [-0.05, 0) is 37.3 Å². The van der Waals surface area contributed by atoms with Gasteiger partial charge in [0, 0.05) is 28.8 Å². The summed E-state index contributed by atoms with van der Waals surface area (Å²) in [6.45, 7) is 1.79. The fraction of sp³-hybridized carbons (Fsp3) is 0.0769. The van der Waals surface area contributed by atoms with Crippen molar-refractivity contribution in [2.45, 2.75) is 6.92 Å². The number of pyridine rings is 1. The van der Waals surface area contributed by atoms with E-state index >= 15 is 0 Å². The number of benzene rings is 1. The number of nitrogens with zero attached hydrogens (tertiary/aromatic N) is 1. The normalized spacial score (nSPS) is 10.1. The lowest BCUT2D eigenvalue weighted by molar-refractivity contribution is 0.102. The van der Waals surface area contributed by atoms with Crippen molar-refractivity contribution in [1.82, 2.24) is 4.98 Å². The van der Waals surface area contributed by atoms with Crippen molar-refractivity contribution in [2.24, 2.45) is 0 Å². The van der Waals surface area contributed by atoms with Gasteiger partial charge in [-0.25, -0.2) is 4.39 Å². The Kier molecular flexibility index (Phi) is 3.23. The van der Waals surface area contributed by atoms with E-state index in [0.29, 0.717) is 11.3 Å². The number of amides is 1. The van der Waals surface area contributed by atoms with Gasteiger partial charge < -0.3 is 11.1 Å². The minimum atomic E-state index is -0.490. The van der Waals surface area contributed by atoms with E-state index < -0.39 is 5.82 Å². The monoisotopic (exact) mass is 245 g/mol. The van der Waals surface area contributed by atoms with Crippen LogP contribution in [0.2, 0.25) is 0 Å². The Hall–Kier alpha value is -2.43. The second-order valence-corrected chi connectivity index (χ2v) is 3.91. The molecule has 3 N–H and O–H groups in total. The molecule has 0 saturated carbocycles. The lowest BCUT2D eigenvalue weighted by Crippen LogP contribution is -2.12. The van der Waals surface area contributed by atoms with Crippen molar-refractivity contribution in [3.05, 3.63) is 53.6 Å². The number of rotatable bonds is 2. The summed E-state index contributed by atoms with van der Waals surface area (Å²) in [4.78, 5) is 15.9. The Bertz CT molecular complexity index is 578. The molecular weight excluding hydrogens is 233 g/mol. The van der Waals surface area contributed by atoms with E-state index in [1.165, 1.54) is 18.2 Å². The lowest BCUT2D eigenvalue weighted by atomic mass is 10.2. The molecule has 92 valence electrons. The molecule has 0 saturated heterocycles. The Balaban J connectivity index is 2.21. The van der Waals surface area contributed by atoms with Crippen LogP contribution in [0.25, 0.3) is 0 Å². The van der Waals surface area contributed by atoms with E-state index in [4.69, 9.17) is 5.73 Å². The van der Waals surface area contributed by atoms with Crippen molar-refractivity contribution >= 4 is 17.3 Å². The Morgan fingerprint density at radius 1 is 1.33 bits per heavy atom. The van der Waals surface area contributed by atoms with Gasteiger partial charge in [0.05, 0.1) is 0 Å². The van der Waals surface area contributed by atoms with Crippen molar-refractivity contribution in [1.29, 1.82) is 0 Å². The molecule has 1 aromatic carbocycles. The molecule has 2 rings (SSSR count). The number of aryl methyl sites for hydroxylation is 1. The Morgan fingerprint density at radius 3 is 2.78 bits per heavy atom. The molecule has 18 heavy (non-hydrogen) atoms. The van der Waals surface area contributed by atoms with Crippen molar-refractivity contribution < 1.29 is 9.18 Å². The molecule has 0 bridgehead atoms. The smallest absolute Gasteiger partial charge is 0.255 e. The van der Waals surface area contributed by atoms with Crippen LogP contribution in [0.4, 0.5) is 15.8 Å². The van der Waals surface area contributed by atoms with E-state index in [1.807, 2.05) is 0 Å². The maximum atomic E-state index is 13.1. The van der Waals surface area contributed by atoms with Gasteiger partial charge in [0.15, 0.2) is 0 Å². The zero-order chi connectivity index (χ0) is 13.1. The average Bonchev–Trinajstić information content (AvgIpc) is 2.27.